The maximum Gasteiger partial charge on any atom is 0.245 e. The Morgan fingerprint density at radius 2 is 1.31 bits per heavy atom. The van der Waals surface area contributed by atoms with Gasteiger partial charge in [-0.2, -0.15) is 0 Å². The van der Waals surface area contributed by atoms with Gasteiger partial charge in [-0.1, -0.05) is 74.5 Å². The van der Waals surface area contributed by atoms with Crippen molar-refractivity contribution in [1.29, 1.82) is 0 Å². The Balaban J connectivity index is 1.70. The van der Waals surface area contributed by atoms with E-state index < -0.39 is 40.8 Å². The first kappa shape index (κ1) is 43.1. The molecule has 0 bridgehead atoms. The smallest absolute Gasteiger partial charge is 0.245 e. The molecule has 0 spiro atoms. The molecule has 52 heavy (non-hydrogen) atoms. The highest BCUT2D eigenvalue weighted by atomic mass is 32.2. The fraction of sp³-hybridized carbons (Fsp3) is 0.590. The summed E-state index contributed by atoms with van der Waals surface area (Å²) in [5.74, 6) is -0.887. The highest BCUT2D eigenvalue weighted by Gasteiger charge is 2.50. The van der Waals surface area contributed by atoms with Gasteiger partial charge in [0.1, 0.15) is 17.7 Å². The van der Waals surface area contributed by atoms with Crippen molar-refractivity contribution in [3.63, 3.8) is 0 Å². The van der Waals surface area contributed by atoms with Crippen LogP contribution in [-0.2, 0) is 55.7 Å². The van der Waals surface area contributed by atoms with Crippen LogP contribution in [0.5, 0.6) is 0 Å². The number of ketones is 1. The lowest BCUT2D eigenvalue weighted by Crippen LogP contribution is -2.58. The zero-order chi connectivity index (χ0) is 37.8. The highest BCUT2D eigenvalue weighted by molar-refractivity contribution is 8.00. The Morgan fingerprint density at radius 1 is 0.750 bits per heavy atom. The van der Waals surface area contributed by atoms with E-state index in [1.54, 1.807) is 14.0 Å². The van der Waals surface area contributed by atoms with E-state index in [1.165, 1.54) is 18.9 Å². The van der Waals surface area contributed by atoms with Crippen molar-refractivity contribution in [2.45, 2.75) is 75.4 Å². The lowest BCUT2D eigenvalue weighted by atomic mass is 9.93. The molecular formula is C39H57N3O9S. The van der Waals surface area contributed by atoms with E-state index in [0.717, 1.165) is 11.1 Å². The second-order valence-corrected chi connectivity index (χ2v) is 14.8. The molecule has 0 unspecified atom stereocenters. The van der Waals surface area contributed by atoms with Crippen molar-refractivity contribution < 1.29 is 42.9 Å². The summed E-state index contributed by atoms with van der Waals surface area (Å²) in [7, 11) is 3.06. The molecule has 3 N–H and O–H groups in total. The molecule has 288 valence electrons. The first-order valence-electron chi connectivity index (χ1n) is 18.0. The van der Waals surface area contributed by atoms with Gasteiger partial charge in [-0.15, -0.1) is 11.8 Å². The lowest BCUT2D eigenvalue weighted by Gasteiger charge is -2.27. The Hall–Kier alpha value is -3.33. The molecule has 13 heteroatoms. The number of aryl methyl sites for hydroxylation is 1. The number of carbonyl (C=O) groups excluding carboxylic acids is 4. The van der Waals surface area contributed by atoms with Crippen molar-refractivity contribution in [2.24, 2.45) is 5.92 Å². The number of rotatable bonds is 27. The van der Waals surface area contributed by atoms with Crippen LogP contribution < -0.4 is 16.0 Å². The van der Waals surface area contributed by atoms with Crippen LogP contribution in [0.4, 0.5) is 0 Å². The lowest BCUT2D eigenvalue weighted by molar-refractivity contribution is -0.135. The Morgan fingerprint density at radius 3 is 1.90 bits per heavy atom. The van der Waals surface area contributed by atoms with Crippen LogP contribution in [0.3, 0.4) is 0 Å². The van der Waals surface area contributed by atoms with Crippen molar-refractivity contribution >= 4 is 35.3 Å². The number of ether oxygens (including phenoxy) is 5. The van der Waals surface area contributed by atoms with Crippen molar-refractivity contribution in [1.82, 2.24) is 16.0 Å². The zero-order valence-electron chi connectivity index (χ0n) is 31.2. The van der Waals surface area contributed by atoms with E-state index >= 15 is 0 Å². The molecule has 1 aliphatic heterocycles. The molecule has 2 aromatic carbocycles. The number of Topliss-reactive ketones (excluding diaryl/α,β-unsaturated/α-hetero) is 1. The highest BCUT2D eigenvalue weighted by Crippen LogP contribution is 2.29. The number of nitrogens with one attached hydrogen (secondary N) is 3. The van der Waals surface area contributed by atoms with E-state index in [0.29, 0.717) is 64.7 Å². The molecule has 12 nitrogen and oxygen atoms in total. The predicted octanol–water partition coefficient (Wildman–Crippen LogP) is 3.15. The number of epoxide rings is 1. The number of amides is 3. The van der Waals surface area contributed by atoms with Crippen LogP contribution in [0.25, 0.3) is 0 Å². The molecule has 1 heterocycles. The van der Waals surface area contributed by atoms with E-state index in [9.17, 15) is 19.2 Å². The molecule has 2 aromatic rings. The normalized spacial score (nSPS) is 17.5. The maximum atomic E-state index is 13.9. The van der Waals surface area contributed by atoms with Gasteiger partial charge in [-0.05, 0) is 43.2 Å². The first-order valence-corrected chi connectivity index (χ1v) is 19.0. The molecule has 0 saturated carbocycles. The van der Waals surface area contributed by atoms with Crippen LogP contribution in [0.2, 0.25) is 0 Å². The minimum Gasteiger partial charge on any atom is -0.382 e. The number of thioether (sulfide) groups is 1. The second-order valence-electron chi connectivity index (χ2n) is 13.4. The van der Waals surface area contributed by atoms with Crippen molar-refractivity contribution in [3.05, 3.63) is 71.8 Å². The molecule has 0 radical (unpaired) electrons. The minimum absolute atomic E-state index is 0.107. The third-order valence-electron chi connectivity index (χ3n) is 8.50. The van der Waals surface area contributed by atoms with Gasteiger partial charge in [0.25, 0.3) is 0 Å². The number of benzene rings is 2. The fourth-order valence-corrected chi connectivity index (χ4v) is 6.49. The summed E-state index contributed by atoms with van der Waals surface area (Å²) in [4.78, 5) is 54.8. The molecule has 1 saturated heterocycles. The van der Waals surface area contributed by atoms with Crippen molar-refractivity contribution in [3.8, 4) is 0 Å². The number of carbonyl (C=O) groups is 4. The Kier molecular flexibility index (Phi) is 19.4. The van der Waals surface area contributed by atoms with Gasteiger partial charge < -0.3 is 39.6 Å². The van der Waals surface area contributed by atoms with Crippen LogP contribution in [-0.4, -0.2) is 119 Å². The van der Waals surface area contributed by atoms with Crippen LogP contribution in [0.1, 0.15) is 44.7 Å². The summed E-state index contributed by atoms with van der Waals surface area (Å²) < 4.78 is 26.9. The van der Waals surface area contributed by atoms with E-state index in [2.05, 4.69) is 16.0 Å². The molecule has 1 fully saturated rings. The average Bonchev–Trinajstić information content (AvgIpc) is 3.89. The summed E-state index contributed by atoms with van der Waals surface area (Å²) in [5.41, 5.74) is 1.00. The zero-order valence-corrected chi connectivity index (χ0v) is 32.0. The quantitative estimate of drug-likeness (QED) is 0.0919. The average molecular weight is 744 g/mol. The monoisotopic (exact) mass is 743 g/mol. The number of hydrogen-bond donors (Lipinski definition) is 3. The van der Waals surface area contributed by atoms with Gasteiger partial charge in [-0.25, -0.2) is 0 Å². The summed E-state index contributed by atoms with van der Waals surface area (Å²) >= 11 is 1.46. The van der Waals surface area contributed by atoms with Crippen molar-refractivity contribution in [2.75, 3.05) is 66.2 Å². The molecule has 3 rings (SSSR count). The molecule has 3 amide bonds. The Bertz CT molecular complexity index is 1360. The van der Waals surface area contributed by atoms with E-state index in [1.807, 2.05) is 74.5 Å². The topological polar surface area (TPSA) is 154 Å². The largest absolute Gasteiger partial charge is 0.382 e. The summed E-state index contributed by atoms with van der Waals surface area (Å²) in [6.07, 6.45) is 1.80. The van der Waals surface area contributed by atoms with Gasteiger partial charge in [0.05, 0.1) is 57.5 Å². The third-order valence-corrected chi connectivity index (χ3v) is 9.76. The molecule has 1 aliphatic rings. The summed E-state index contributed by atoms with van der Waals surface area (Å²) in [6.45, 7) is 8.19. The van der Waals surface area contributed by atoms with E-state index in [-0.39, 0.29) is 30.6 Å². The molecule has 0 aromatic heterocycles. The first-order chi connectivity index (χ1) is 25.1. The van der Waals surface area contributed by atoms with Crippen LogP contribution in [0, 0.1) is 5.92 Å². The Labute approximate surface area is 312 Å². The number of methoxy groups -OCH3 is 2. The fourth-order valence-electron chi connectivity index (χ4n) is 5.49. The van der Waals surface area contributed by atoms with Crippen LogP contribution >= 0.6 is 11.8 Å². The van der Waals surface area contributed by atoms with Gasteiger partial charge >= 0.3 is 0 Å². The standard InChI is InChI=1S/C39H57N3O9S/c1-28(2)24-31(35(43)39(3)27-51-39)40-36(44)32(25-30-14-10-7-11-15-30)41-37(45)33(26-48-5)42-38(46)34(17-16-29-12-8-6-9-13-29)52-23-22-50-21-20-49-19-18-47-4/h6-15,28,31-34H,16-27H2,1-5H3,(H,40,44)(H,41,45)(H,42,46)/t31-,32-,33-,34-,39+/m0/s1. The van der Waals surface area contributed by atoms with Gasteiger partial charge in [0.15, 0.2) is 5.78 Å². The van der Waals surface area contributed by atoms with Crippen LogP contribution in [0.15, 0.2) is 60.7 Å². The van der Waals surface area contributed by atoms with E-state index in [4.69, 9.17) is 23.7 Å². The molecular weight excluding hydrogens is 687 g/mol. The summed E-state index contributed by atoms with van der Waals surface area (Å²) in [6, 6.07) is 16.3. The van der Waals surface area contributed by atoms with Gasteiger partial charge in [0.2, 0.25) is 17.7 Å². The van der Waals surface area contributed by atoms with Gasteiger partial charge in [0, 0.05) is 26.4 Å². The van der Waals surface area contributed by atoms with Gasteiger partial charge in [-0.3, -0.25) is 19.2 Å². The third kappa shape index (κ3) is 15.7. The second kappa shape index (κ2) is 23.4. The molecule has 5 atom stereocenters. The predicted molar refractivity (Wildman–Crippen MR) is 201 cm³/mol. The maximum absolute atomic E-state index is 13.9. The molecule has 0 aliphatic carbocycles. The number of hydrogen-bond acceptors (Lipinski definition) is 10. The summed E-state index contributed by atoms with van der Waals surface area (Å²) in [5, 5.41) is 8.16. The minimum atomic E-state index is -1.07. The SMILES string of the molecule is COCCOCCOCCS[C@@H](CCc1ccccc1)C(=O)N[C@@H](COC)C(=O)N[C@@H](Cc1ccccc1)C(=O)N[C@@H](CC(C)C)C(=O)[C@@]1(C)CO1.